The van der Waals surface area contributed by atoms with Gasteiger partial charge in [0.25, 0.3) is 0 Å². The minimum Gasteiger partial charge on any atom is -0.296 e. The molecule has 58 valence electrons. The maximum atomic E-state index is 11.7. The summed E-state index contributed by atoms with van der Waals surface area (Å²) in [5.41, 5.74) is 2.31. The average molecular weight is 170 g/mol. The molecular formula is C4H5F3N2S. The van der Waals surface area contributed by atoms with Crippen molar-refractivity contribution in [1.29, 1.82) is 0 Å². The van der Waals surface area contributed by atoms with Crippen LogP contribution < -0.4 is 5.43 Å². The molecule has 0 saturated carbocycles. The Morgan fingerprint density at radius 3 is 2.40 bits per heavy atom. The maximum Gasteiger partial charge on any atom is 0.441 e. The zero-order chi connectivity index (χ0) is 7.78. The number of hydrazone groups is 1. The zero-order valence-corrected chi connectivity index (χ0v) is 5.88. The number of hydrogen-bond donors (Lipinski definition) is 1. The maximum absolute atomic E-state index is 11.7. The van der Waals surface area contributed by atoms with Gasteiger partial charge >= 0.3 is 6.18 Å². The number of thioether (sulfide) groups is 1. The van der Waals surface area contributed by atoms with Gasteiger partial charge in [-0.1, -0.05) is 11.8 Å². The summed E-state index contributed by atoms with van der Waals surface area (Å²) in [6, 6.07) is 0. The third kappa shape index (κ3) is 1.56. The average Bonchev–Trinajstić information content (AvgIpc) is 2.11. The summed E-state index contributed by atoms with van der Waals surface area (Å²) in [5.74, 6) is 0. The Bertz CT molecular complexity index is 164. The molecule has 0 aromatic heterocycles. The molecule has 1 rings (SSSR count). The molecule has 1 heterocycles. The highest BCUT2D eigenvalue weighted by atomic mass is 32.2. The molecule has 1 aliphatic heterocycles. The van der Waals surface area contributed by atoms with Crippen molar-refractivity contribution in [2.24, 2.45) is 5.10 Å². The number of hydrogen-bond acceptors (Lipinski definition) is 3. The van der Waals surface area contributed by atoms with Crippen LogP contribution in [-0.2, 0) is 0 Å². The zero-order valence-electron chi connectivity index (χ0n) is 5.07. The standard InChI is InChI=1S/C4H5F3N2S/c1-2-8-9-3(10-2)4(5,6)7/h2,8H,1H3. The third-order valence-corrected chi connectivity index (χ3v) is 1.88. The van der Waals surface area contributed by atoms with Crippen LogP contribution in [0.1, 0.15) is 6.92 Å². The van der Waals surface area contributed by atoms with Gasteiger partial charge in [-0.3, -0.25) is 5.43 Å². The number of rotatable bonds is 0. The monoisotopic (exact) mass is 170 g/mol. The molecule has 0 fully saturated rings. The first kappa shape index (κ1) is 7.71. The van der Waals surface area contributed by atoms with Gasteiger partial charge in [0.05, 0.1) is 5.37 Å². The topological polar surface area (TPSA) is 24.4 Å². The predicted octanol–water partition coefficient (Wildman–Crippen LogP) is 1.54. The van der Waals surface area contributed by atoms with Crippen molar-refractivity contribution in [2.45, 2.75) is 18.5 Å². The van der Waals surface area contributed by atoms with Gasteiger partial charge in [-0.05, 0) is 6.92 Å². The molecule has 0 aromatic rings. The quantitative estimate of drug-likeness (QED) is 0.596. The summed E-state index contributed by atoms with van der Waals surface area (Å²) in [6.45, 7) is 1.62. The van der Waals surface area contributed by atoms with Crippen LogP contribution in [0, 0.1) is 0 Å². The Balaban J connectivity index is 2.60. The minimum absolute atomic E-state index is 0.267. The fourth-order valence-electron chi connectivity index (χ4n) is 0.500. The van der Waals surface area contributed by atoms with E-state index >= 15 is 0 Å². The molecule has 0 saturated heterocycles. The minimum atomic E-state index is -4.29. The van der Waals surface area contributed by atoms with Crippen LogP contribution in [0.15, 0.2) is 5.10 Å². The van der Waals surface area contributed by atoms with E-state index in [1.54, 1.807) is 6.92 Å². The van der Waals surface area contributed by atoms with Gasteiger partial charge in [0.2, 0.25) is 0 Å². The molecule has 0 bridgehead atoms. The first-order valence-corrected chi connectivity index (χ1v) is 3.45. The van der Waals surface area contributed by atoms with E-state index in [0.717, 1.165) is 0 Å². The summed E-state index contributed by atoms with van der Waals surface area (Å²) in [6.07, 6.45) is -4.29. The highest BCUT2D eigenvalue weighted by Crippen LogP contribution is 2.29. The third-order valence-electron chi connectivity index (χ3n) is 0.879. The van der Waals surface area contributed by atoms with Gasteiger partial charge in [0, 0.05) is 0 Å². The van der Waals surface area contributed by atoms with Crippen LogP contribution in [0.2, 0.25) is 0 Å². The van der Waals surface area contributed by atoms with E-state index in [9.17, 15) is 13.2 Å². The molecular weight excluding hydrogens is 165 g/mol. The molecule has 6 heteroatoms. The van der Waals surface area contributed by atoms with E-state index in [2.05, 4.69) is 10.5 Å². The van der Waals surface area contributed by atoms with Crippen molar-refractivity contribution in [3.05, 3.63) is 0 Å². The van der Waals surface area contributed by atoms with Crippen LogP contribution in [0.25, 0.3) is 0 Å². The first-order chi connectivity index (χ1) is 4.50. The van der Waals surface area contributed by atoms with E-state index in [1.165, 1.54) is 0 Å². The fraction of sp³-hybridized carbons (Fsp3) is 0.750. The van der Waals surface area contributed by atoms with E-state index in [1.807, 2.05) is 0 Å². The highest BCUT2D eigenvalue weighted by molar-refractivity contribution is 8.14. The van der Waals surface area contributed by atoms with Gasteiger partial charge in [0.15, 0.2) is 5.04 Å². The Hall–Kier alpha value is -0.390. The molecule has 0 spiro atoms. The second-order valence-corrected chi connectivity index (χ2v) is 3.13. The summed E-state index contributed by atoms with van der Waals surface area (Å²) in [5, 5.41) is 2.03. The largest absolute Gasteiger partial charge is 0.441 e. The highest BCUT2D eigenvalue weighted by Gasteiger charge is 2.39. The Kier molecular flexibility index (Phi) is 1.80. The van der Waals surface area contributed by atoms with Crippen LogP contribution in [0.5, 0.6) is 0 Å². The van der Waals surface area contributed by atoms with Crippen molar-refractivity contribution in [3.63, 3.8) is 0 Å². The molecule has 1 N–H and O–H groups in total. The Labute approximate surface area is 59.9 Å². The van der Waals surface area contributed by atoms with Gasteiger partial charge in [0.1, 0.15) is 0 Å². The van der Waals surface area contributed by atoms with Crippen LogP contribution in [0.3, 0.4) is 0 Å². The Morgan fingerprint density at radius 2 is 2.20 bits per heavy atom. The van der Waals surface area contributed by atoms with E-state index in [-0.39, 0.29) is 5.37 Å². The van der Waals surface area contributed by atoms with Crippen LogP contribution in [-0.4, -0.2) is 16.6 Å². The lowest BCUT2D eigenvalue weighted by atomic mass is 10.7. The molecule has 0 amide bonds. The second-order valence-electron chi connectivity index (χ2n) is 1.80. The van der Waals surface area contributed by atoms with Crippen LogP contribution >= 0.6 is 11.8 Å². The molecule has 0 aromatic carbocycles. The van der Waals surface area contributed by atoms with E-state index in [4.69, 9.17) is 0 Å². The summed E-state index contributed by atoms with van der Waals surface area (Å²) in [7, 11) is 0. The fourth-order valence-corrected chi connectivity index (χ4v) is 1.18. The Morgan fingerprint density at radius 1 is 1.60 bits per heavy atom. The van der Waals surface area contributed by atoms with Crippen molar-refractivity contribution in [2.75, 3.05) is 0 Å². The van der Waals surface area contributed by atoms with Crippen LogP contribution in [0.4, 0.5) is 13.2 Å². The molecule has 1 aliphatic rings. The van der Waals surface area contributed by atoms with E-state index < -0.39 is 11.2 Å². The lowest BCUT2D eigenvalue weighted by molar-refractivity contribution is -0.0555. The van der Waals surface area contributed by atoms with Crippen molar-refractivity contribution in [3.8, 4) is 0 Å². The van der Waals surface area contributed by atoms with Gasteiger partial charge in [-0.2, -0.15) is 18.3 Å². The SMILES string of the molecule is CC1NN=C(C(F)(F)F)S1. The summed E-state index contributed by atoms with van der Waals surface area (Å²) in [4.78, 5) is 0. The molecule has 10 heavy (non-hydrogen) atoms. The molecule has 1 unspecified atom stereocenters. The van der Waals surface area contributed by atoms with Crippen molar-refractivity contribution < 1.29 is 13.2 Å². The number of nitrogens with zero attached hydrogens (tertiary/aromatic N) is 1. The smallest absolute Gasteiger partial charge is 0.296 e. The lowest BCUT2D eigenvalue weighted by Gasteiger charge is -2.02. The van der Waals surface area contributed by atoms with Crippen molar-refractivity contribution in [1.82, 2.24) is 5.43 Å². The summed E-state index contributed by atoms with van der Waals surface area (Å²) < 4.78 is 35.2. The molecule has 0 radical (unpaired) electrons. The van der Waals surface area contributed by atoms with Gasteiger partial charge in [-0.15, -0.1) is 0 Å². The first-order valence-electron chi connectivity index (χ1n) is 2.57. The molecule has 0 aliphatic carbocycles. The predicted molar refractivity (Wildman–Crippen MR) is 33.7 cm³/mol. The number of alkyl halides is 3. The van der Waals surface area contributed by atoms with Gasteiger partial charge in [-0.25, -0.2) is 0 Å². The second kappa shape index (κ2) is 2.34. The van der Waals surface area contributed by atoms with Gasteiger partial charge < -0.3 is 0 Å². The molecule has 2 nitrogen and oxygen atoms in total. The molecule has 1 atom stereocenters. The summed E-state index contributed by atoms with van der Waals surface area (Å²) >= 11 is 0.686. The lowest BCUT2D eigenvalue weighted by Crippen LogP contribution is -2.17. The normalized spacial score (nSPS) is 26.0. The van der Waals surface area contributed by atoms with E-state index in [0.29, 0.717) is 11.8 Å². The number of halogens is 3. The number of nitrogens with one attached hydrogen (secondary N) is 1. The van der Waals surface area contributed by atoms with Crippen molar-refractivity contribution >= 4 is 16.8 Å².